The third-order valence-electron chi connectivity index (χ3n) is 9.53. The summed E-state index contributed by atoms with van der Waals surface area (Å²) in [4.78, 5) is 2.15. The van der Waals surface area contributed by atoms with E-state index in [0.29, 0.717) is 16.7 Å². The van der Waals surface area contributed by atoms with Crippen molar-refractivity contribution < 1.29 is 15.1 Å². The van der Waals surface area contributed by atoms with Crippen molar-refractivity contribution in [1.29, 1.82) is 0 Å². The summed E-state index contributed by atoms with van der Waals surface area (Å²) < 4.78 is 95.6. The van der Waals surface area contributed by atoms with Gasteiger partial charge in [-0.25, -0.2) is 0 Å². The molecule has 0 saturated carbocycles. The first-order valence-electron chi connectivity index (χ1n) is 22.4. The molecule has 0 N–H and O–H groups in total. The van der Waals surface area contributed by atoms with Crippen LogP contribution in [0, 0.1) is 0 Å². The minimum absolute atomic E-state index is 0.0382. The summed E-state index contributed by atoms with van der Waals surface area (Å²) in [5, 5.41) is 4.00. The second-order valence-corrected chi connectivity index (χ2v) is 13.6. The van der Waals surface area contributed by atoms with Gasteiger partial charge in [-0.05, 0) is 97.4 Å². The molecule has 1 heterocycles. The topological polar surface area (TPSA) is 3.24 Å². The molecule has 0 aliphatic rings. The van der Waals surface area contributed by atoms with Crippen molar-refractivity contribution >= 4 is 70.1 Å². The maximum Gasteiger partial charge on any atom is 0.0640 e. The van der Waals surface area contributed by atoms with Crippen LogP contribution in [0.5, 0.6) is 0 Å². The second-order valence-electron chi connectivity index (χ2n) is 12.5. The Balaban J connectivity index is 1.12. The third-order valence-corrected chi connectivity index (χ3v) is 10.7. The van der Waals surface area contributed by atoms with Gasteiger partial charge in [0, 0.05) is 26.8 Å². The van der Waals surface area contributed by atoms with Crippen LogP contribution in [0.15, 0.2) is 200 Å². The maximum absolute atomic E-state index is 8.92. The number of benzene rings is 9. The Kier molecular flexibility index (Phi) is 5.13. The van der Waals surface area contributed by atoms with Crippen molar-refractivity contribution in [3.8, 4) is 33.4 Å². The van der Waals surface area contributed by atoms with Gasteiger partial charge in [0.15, 0.2) is 0 Å². The average Bonchev–Trinajstić information content (AvgIpc) is 3.69. The SMILES string of the molecule is [2H]c1cc(-c2cccc3ccc(-c4ccc(N(c5ccc(-c6c([2H])c([2H])c([2H])c7c([2H])c([2H])c([2H])c([2H])c67)cc5)c5cccc6c5sc5ccccc56)cc4)cc23)c([2H])c([2H])c1[2H]. The molecule has 1 nitrogen and oxygen atoms in total. The quantitative estimate of drug-likeness (QED) is 0.168. The largest absolute Gasteiger partial charge is 0.309 e. The standard InChI is InChI=1S/C50H33NS/c1-2-11-35(12-3-1)44-19-9-15-37-23-24-39(33-47(37)44)34-25-29-40(30-26-34)51(48-21-10-20-46-45-17-6-7-22-49(45)52-50(46)48)41-31-27-38(28-32-41)43-18-8-14-36-13-4-5-16-42(36)43/h1-33H/i1D,2D,3D,4D,5D,8D,11D,13D,14D,16D,18D. The molecule has 10 rings (SSSR count). The van der Waals surface area contributed by atoms with Crippen LogP contribution in [0.1, 0.15) is 15.1 Å². The normalized spacial score (nSPS) is 14.4. The minimum Gasteiger partial charge on any atom is -0.309 e. The van der Waals surface area contributed by atoms with E-state index in [9.17, 15) is 0 Å². The number of nitrogens with zero attached hydrogens (tertiary/aromatic N) is 1. The van der Waals surface area contributed by atoms with Crippen molar-refractivity contribution in [1.82, 2.24) is 0 Å². The van der Waals surface area contributed by atoms with Gasteiger partial charge in [0.1, 0.15) is 0 Å². The van der Waals surface area contributed by atoms with E-state index in [-0.39, 0.29) is 52.6 Å². The van der Waals surface area contributed by atoms with Crippen LogP contribution >= 0.6 is 11.3 Å². The van der Waals surface area contributed by atoms with Crippen LogP contribution in [-0.2, 0) is 0 Å². The van der Waals surface area contributed by atoms with E-state index in [1.54, 1.807) is 23.5 Å². The number of hydrogen-bond acceptors (Lipinski definition) is 2. The molecule has 0 atom stereocenters. The number of anilines is 3. The van der Waals surface area contributed by atoms with E-state index in [2.05, 4.69) is 35.2 Å². The molecule has 0 bridgehead atoms. The van der Waals surface area contributed by atoms with Gasteiger partial charge in [-0.3, -0.25) is 0 Å². The summed E-state index contributed by atoms with van der Waals surface area (Å²) >= 11 is 1.70. The molecule has 244 valence electrons. The summed E-state index contributed by atoms with van der Waals surface area (Å²) in [7, 11) is 0. The first-order valence-corrected chi connectivity index (χ1v) is 17.7. The molecule has 0 fully saturated rings. The molecule has 0 radical (unpaired) electrons. The van der Waals surface area contributed by atoms with Gasteiger partial charge in [0.05, 0.1) is 25.5 Å². The Morgan fingerprint density at radius 2 is 1.13 bits per heavy atom. The van der Waals surface area contributed by atoms with E-state index in [4.69, 9.17) is 15.1 Å². The zero-order valence-electron chi connectivity index (χ0n) is 38.6. The highest BCUT2D eigenvalue weighted by Crippen LogP contribution is 2.45. The second kappa shape index (κ2) is 12.7. The Hall–Kier alpha value is -6.48. The van der Waals surface area contributed by atoms with Gasteiger partial charge >= 0.3 is 0 Å². The lowest BCUT2D eigenvalue weighted by Gasteiger charge is -2.26. The highest BCUT2D eigenvalue weighted by atomic mass is 32.1. The van der Waals surface area contributed by atoms with Gasteiger partial charge in [-0.2, -0.15) is 0 Å². The molecule has 52 heavy (non-hydrogen) atoms. The van der Waals surface area contributed by atoms with E-state index >= 15 is 0 Å². The Bertz CT molecular complexity index is 3520. The van der Waals surface area contributed by atoms with E-state index in [1.807, 2.05) is 84.9 Å². The molecule has 0 aliphatic heterocycles. The van der Waals surface area contributed by atoms with E-state index in [1.165, 1.54) is 6.07 Å². The number of hydrogen-bond donors (Lipinski definition) is 0. The van der Waals surface area contributed by atoms with Gasteiger partial charge in [-0.15, -0.1) is 11.3 Å². The average molecular weight is 691 g/mol. The molecule has 0 spiro atoms. The van der Waals surface area contributed by atoms with Crippen LogP contribution in [0.2, 0.25) is 0 Å². The Labute approximate surface area is 322 Å². The Morgan fingerprint density at radius 1 is 0.404 bits per heavy atom. The van der Waals surface area contributed by atoms with E-state index in [0.717, 1.165) is 59.1 Å². The van der Waals surface area contributed by atoms with Crippen LogP contribution in [0.4, 0.5) is 17.1 Å². The fraction of sp³-hybridized carbons (Fsp3) is 0. The first kappa shape index (κ1) is 21.0. The predicted octanol–water partition coefficient (Wildman–Crippen LogP) is 14.8. The van der Waals surface area contributed by atoms with E-state index < -0.39 is 30.2 Å². The summed E-state index contributed by atoms with van der Waals surface area (Å²) in [5.74, 6) is 0. The molecule has 2 heteroatoms. The fourth-order valence-corrected chi connectivity index (χ4v) is 8.26. The maximum atomic E-state index is 8.92. The summed E-state index contributed by atoms with van der Waals surface area (Å²) in [5.41, 5.74) is 6.21. The summed E-state index contributed by atoms with van der Waals surface area (Å²) in [6, 6.07) is 39.8. The van der Waals surface area contributed by atoms with Crippen LogP contribution in [0.3, 0.4) is 0 Å². The van der Waals surface area contributed by atoms with Gasteiger partial charge < -0.3 is 4.90 Å². The van der Waals surface area contributed by atoms with Gasteiger partial charge in [0.2, 0.25) is 0 Å². The summed E-state index contributed by atoms with van der Waals surface area (Å²) in [6.07, 6.45) is 0. The van der Waals surface area contributed by atoms with Crippen LogP contribution in [-0.4, -0.2) is 0 Å². The minimum atomic E-state index is -0.493. The Morgan fingerprint density at radius 3 is 2.02 bits per heavy atom. The fourth-order valence-electron chi connectivity index (χ4n) is 7.06. The number of rotatable bonds is 6. The van der Waals surface area contributed by atoms with Gasteiger partial charge in [0.25, 0.3) is 0 Å². The highest BCUT2D eigenvalue weighted by molar-refractivity contribution is 7.26. The lowest BCUT2D eigenvalue weighted by atomic mass is 9.95. The zero-order valence-corrected chi connectivity index (χ0v) is 28.4. The molecule has 1 aromatic heterocycles. The zero-order chi connectivity index (χ0) is 44.0. The molecular formula is C50H33NS. The van der Waals surface area contributed by atoms with Gasteiger partial charge in [-0.1, -0.05) is 157 Å². The molecule has 0 amide bonds. The molecule has 9 aromatic carbocycles. The first-order chi connectivity index (χ1) is 30.3. The predicted molar refractivity (Wildman–Crippen MR) is 225 cm³/mol. The lowest BCUT2D eigenvalue weighted by molar-refractivity contribution is 1.30. The molecule has 0 unspecified atom stereocenters. The van der Waals surface area contributed by atoms with Crippen molar-refractivity contribution in [2.75, 3.05) is 4.90 Å². The van der Waals surface area contributed by atoms with Crippen molar-refractivity contribution in [2.24, 2.45) is 0 Å². The smallest absolute Gasteiger partial charge is 0.0640 e. The number of fused-ring (bicyclic) bond motifs is 5. The third kappa shape index (κ3) is 5.24. The monoisotopic (exact) mass is 690 g/mol. The highest BCUT2D eigenvalue weighted by Gasteiger charge is 2.19. The van der Waals surface area contributed by atoms with Crippen molar-refractivity contribution in [2.45, 2.75) is 0 Å². The molecular weight excluding hydrogens is 647 g/mol. The number of thiophene rings is 1. The molecule has 10 aromatic rings. The van der Waals surface area contributed by atoms with Crippen LogP contribution in [0.25, 0.3) is 75.1 Å². The van der Waals surface area contributed by atoms with Crippen LogP contribution < -0.4 is 4.90 Å². The lowest BCUT2D eigenvalue weighted by Crippen LogP contribution is -2.10. The van der Waals surface area contributed by atoms with Crippen molar-refractivity contribution in [3.63, 3.8) is 0 Å². The summed E-state index contributed by atoms with van der Waals surface area (Å²) in [6.45, 7) is 0. The van der Waals surface area contributed by atoms with Crippen molar-refractivity contribution in [3.05, 3.63) is 200 Å². The molecule has 0 saturated heterocycles. The molecule has 0 aliphatic carbocycles.